The molecular formula is C24H25F2N3O3. The van der Waals surface area contributed by atoms with Crippen LogP contribution in [0, 0.1) is 17.0 Å². The van der Waals surface area contributed by atoms with Crippen molar-refractivity contribution in [1.82, 2.24) is 9.97 Å². The number of aromatic amines is 1. The zero-order valence-electron chi connectivity index (χ0n) is 18.2. The predicted octanol–water partition coefficient (Wildman–Crippen LogP) is 4.39. The van der Waals surface area contributed by atoms with Crippen molar-refractivity contribution in [2.75, 3.05) is 7.11 Å². The molecule has 1 fully saturated rings. The molecular weight excluding hydrogens is 416 g/mol. The van der Waals surface area contributed by atoms with Crippen molar-refractivity contribution in [1.29, 1.82) is 0 Å². The fourth-order valence-corrected chi connectivity index (χ4v) is 4.94. The SMILES string of the molecule is COc1c([C@@H]2CC(C)(C)CC[C@H]2c2cc(=O)c3c(C(N)=O)nccc3[nH]2)ccc(F)c1F. The second-order valence-corrected chi connectivity index (χ2v) is 9.14. The average molecular weight is 441 g/mol. The predicted molar refractivity (Wildman–Crippen MR) is 117 cm³/mol. The van der Waals surface area contributed by atoms with Crippen LogP contribution < -0.4 is 15.9 Å². The highest BCUT2D eigenvalue weighted by atomic mass is 19.2. The number of halogens is 2. The maximum Gasteiger partial charge on any atom is 0.268 e. The highest BCUT2D eigenvalue weighted by Gasteiger charge is 2.39. The van der Waals surface area contributed by atoms with Gasteiger partial charge in [-0.1, -0.05) is 19.9 Å². The molecule has 0 radical (unpaired) electrons. The van der Waals surface area contributed by atoms with Crippen molar-refractivity contribution < 1.29 is 18.3 Å². The van der Waals surface area contributed by atoms with Gasteiger partial charge in [0.15, 0.2) is 17.0 Å². The molecule has 2 heterocycles. The zero-order valence-corrected chi connectivity index (χ0v) is 18.2. The molecule has 2 aromatic heterocycles. The Bertz CT molecular complexity index is 1270. The van der Waals surface area contributed by atoms with Gasteiger partial charge in [-0.25, -0.2) is 4.39 Å². The molecule has 1 aliphatic rings. The molecule has 0 saturated heterocycles. The minimum absolute atomic E-state index is 0.0305. The van der Waals surface area contributed by atoms with Gasteiger partial charge in [-0.2, -0.15) is 4.39 Å². The number of carbonyl (C=O) groups excluding carboxylic acids is 1. The van der Waals surface area contributed by atoms with Crippen LogP contribution >= 0.6 is 0 Å². The van der Waals surface area contributed by atoms with Crippen molar-refractivity contribution in [2.24, 2.45) is 11.1 Å². The molecule has 3 aromatic rings. The van der Waals surface area contributed by atoms with Crippen LogP contribution in [0.3, 0.4) is 0 Å². The molecule has 168 valence electrons. The molecule has 4 rings (SSSR count). The molecule has 0 bridgehead atoms. The van der Waals surface area contributed by atoms with E-state index in [1.165, 1.54) is 19.4 Å². The van der Waals surface area contributed by atoms with Gasteiger partial charge in [0.1, 0.15) is 5.69 Å². The Morgan fingerprint density at radius 2 is 2.00 bits per heavy atom. The molecule has 6 nitrogen and oxygen atoms in total. The Hall–Kier alpha value is -3.29. The molecule has 1 amide bonds. The highest BCUT2D eigenvalue weighted by molar-refractivity contribution is 6.03. The third-order valence-electron chi connectivity index (χ3n) is 6.47. The van der Waals surface area contributed by atoms with Gasteiger partial charge in [0.25, 0.3) is 5.91 Å². The third kappa shape index (κ3) is 3.74. The van der Waals surface area contributed by atoms with Crippen LogP contribution in [0.15, 0.2) is 35.3 Å². The Balaban J connectivity index is 1.89. The topological polar surface area (TPSA) is 98.1 Å². The second-order valence-electron chi connectivity index (χ2n) is 9.14. The maximum absolute atomic E-state index is 14.5. The third-order valence-corrected chi connectivity index (χ3v) is 6.47. The minimum atomic E-state index is -1.02. The molecule has 1 aliphatic carbocycles. The van der Waals surface area contributed by atoms with Crippen LogP contribution in [-0.2, 0) is 0 Å². The summed E-state index contributed by atoms with van der Waals surface area (Å²) in [6.45, 7) is 4.27. The summed E-state index contributed by atoms with van der Waals surface area (Å²) in [6.07, 6.45) is 3.74. The van der Waals surface area contributed by atoms with Crippen LogP contribution in [0.1, 0.15) is 66.7 Å². The van der Waals surface area contributed by atoms with E-state index in [2.05, 4.69) is 23.8 Å². The molecule has 0 spiro atoms. The summed E-state index contributed by atoms with van der Waals surface area (Å²) in [7, 11) is 1.32. The van der Waals surface area contributed by atoms with Crippen molar-refractivity contribution in [3.05, 3.63) is 69.3 Å². The first kappa shape index (κ1) is 21.9. The van der Waals surface area contributed by atoms with Gasteiger partial charge < -0.3 is 15.5 Å². The Labute approximate surface area is 183 Å². The van der Waals surface area contributed by atoms with E-state index in [1.54, 1.807) is 12.1 Å². The van der Waals surface area contributed by atoms with Gasteiger partial charge in [-0.3, -0.25) is 14.6 Å². The second kappa shape index (κ2) is 8.00. The van der Waals surface area contributed by atoms with E-state index >= 15 is 0 Å². The van der Waals surface area contributed by atoms with Crippen LogP contribution in [0.4, 0.5) is 8.78 Å². The van der Waals surface area contributed by atoms with Crippen LogP contribution in [0.5, 0.6) is 5.75 Å². The summed E-state index contributed by atoms with van der Waals surface area (Å²) in [5.74, 6) is -3.25. The molecule has 2 atom stereocenters. The molecule has 32 heavy (non-hydrogen) atoms. The number of pyridine rings is 2. The van der Waals surface area contributed by atoms with Gasteiger partial charge in [0.05, 0.1) is 18.0 Å². The van der Waals surface area contributed by atoms with Crippen molar-refractivity contribution >= 4 is 16.8 Å². The monoisotopic (exact) mass is 441 g/mol. The fourth-order valence-electron chi connectivity index (χ4n) is 4.94. The van der Waals surface area contributed by atoms with Crippen LogP contribution in [0.2, 0.25) is 0 Å². The lowest BCUT2D eigenvalue weighted by atomic mass is 9.64. The van der Waals surface area contributed by atoms with Crippen LogP contribution in [-0.4, -0.2) is 23.0 Å². The summed E-state index contributed by atoms with van der Waals surface area (Å²) in [6, 6.07) is 5.75. The van der Waals surface area contributed by atoms with Gasteiger partial charge in [-0.15, -0.1) is 0 Å². The molecule has 8 heteroatoms. The summed E-state index contributed by atoms with van der Waals surface area (Å²) < 4.78 is 33.6. The lowest BCUT2D eigenvalue weighted by Crippen LogP contribution is -2.29. The van der Waals surface area contributed by atoms with Crippen LogP contribution in [0.25, 0.3) is 10.9 Å². The van der Waals surface area contributed by atoms with Gasteiger partial charge >= 0.3 is 0 Å². The quantitative estimate of drug-likeness (QED) is 0.628. The number of carbonyl (C=O) groups is 1. The van der Waals surface area contributed by atoms with Crippen molar-refractivity contribution in [3.8, 4) is 5.75 Å². The zero-order chi connectivity index (χ0) is 23.2. The van der Waals surface area contributed by atoms with Gasteiger partial charge in [-0.05, 0) is 42.7 Å². The number of aromatic nitrogens is 2. The first-order valence-electron chi connectivity index (χ1n) is 10.5. The largest absolute Gasteiger partial charge is 0.493 e. The molecule has 3 N–H and O–H groups in total. The number of H-pyrrole nitrogens is 1. The Morgan fingerprint density at radius 3 is 2.69 bits per heavy atom. The number of nitrogens with one attached hydrogen (secondary N) is 1. The number of amides is 1. The lowest BCUT2D eigenvalue weighted by Gasteiger charge is -2.41. The number of fused-ring (bicyclic) bond motifs is 1. The summed E-state index contributed by atoms with van der Waals surface area (Å²) in [5, 5.41) is 0.141. The van der Waals surface area contributed by atoms with Crippen molar-refractivity contribution in [2.45, 2.75) is 44.9 Å². The van der Waals surface area contributed by atoms with E-state index in [1.807, 2.05) is 0 Å². The fraction of sp³-hybridized carbons (Fsp3) is 0.375. The smallest absolute Gasteiger partial charge is 0.268 e. The summed E-state index contributed by atoms with van der Waals surface area (Å²) in [5.41, 5.74) is 6.59. The maximum atomic E-state index is 14.5. The Morgan fingerprint density at radius 1 is 1.25 bits per heavy atom. The van der Waals surface area contributed by atoms with Crippen molar-refractivity contribution in [3.63, 3.8) is 0 Å². The van der Waals surface area contributed by atoms with E-state index in [0.717, 1.165) is 18.9 Å². The molecule has 1 aromatic carbocycles. The Kier molecular flexibility index (Phi) is 5.48. The highest BCUT2D eigenvalue weighted by Crippen LogP contribution is 2.52. The lowest BCUT2D eigenvalue weighted by molar-refractivity contribution is 0.0997. The molecule has 1 saturated carbocycles. The number of benzene rings is 1. The molecule has 0 aliphatic heterocycles. The first-order valence-corrected chi connectivity index (χ1v) is 10.5. The number of methoxy groups -OCH3 is 1. The normalized spacial score (nSPS) is 20.3. The van der Waals surface area contributed by atoms with Gasteiger partial charge in [0, 0.05) is 29.4 Å². The number of nitrogens with zero attached hydrogens (tertiary/aromatic N) is 1. The van der Waals surface area contributed by atoms with E-state index in [0.29, 0.717) is 23.2 Å². The van der Waals surface area contributed by atoms with E-state index in [9.17, 15) is 18.4 Å². The standard InChI is InChI=1S/C24H25F2N3O3/c1-24(2)8-6-12(14(11-24)13-4-5-15(25)20(26)22(13)32-3)17-10-18(30)19-16(29-17)7-9-28-21(19)23(27)31/h4-5,7,9-10,12,14H,6,8,11H2,1-3H3,(H2,27,31)(H,29,30)/t12-,14-/m1/s1. The van der Waals surface area contributed by atoms with E-state index < -0.39 is 17.5 Å². The number of nitrogens with two attached hydrogens (primary N) is 1. The van der Waals surface area contributed by atoms with E-state index in [4.69, 9.17) is 10.5 Å². The molecule has 0 unspecified atom stereocenters. The number of hydrogen-bond acceptors (Lipinski definition) is 4. The van der Waals surface area contributed by atoms with E-state index in [-0.39, 0.29) is 39.5 Å². The number of primary amides is 1. The summed E-state index contributed by atoms with van der Waals surface area (Å²) in [4.78, 5) is 31.9. The number of hydrogen-bond donors (Lipinski definition) is 2. The summed E-state index contributed by atoms with van der Waals surface area (Å²) >= 11 is 0. The number of ether oxygens (including phenoxy) is 1. The number of rotatable bonds is 4. The minimum Gasteiger partial charge on any atom is -0.493 e. The average Bonchev–Trinajstić information content (AvgIpc) is 2.74. The van der Waals surface area contributed by atoms with Gasteiger partial charge in [0.2, 0.25) is 5.82 Å². The first-order chi connectivity index (χ1) is 15.1.